The molecule has 2 heterocycles. The van der Waals surface area contributed by atoms with Crippen LogP contribution >= 0.6 is 24.0 Å². The van der Waals surface area contributed by atoms with Crippen LogP contribution in [0.4, 0.5) is 0 Å². The van der Waals surface area contributed by atoms with Gasteiger partial charge in [0.25, 0.3) is 5.89 Å². The van der Waals surface area contributed by atoms with Crippen LogP contribution in [0, 0.1) is 5.92 Å². The van der Waals surface area contributed by atoms with Gasteiger partial charge in [0.05, 0.1) is 11.6 Å². The van der Waals surface area contributed by atoms with Gasteiger partial charge in [-0.1, -0.05) is 62.3 Å². The molecule has 0 spiro atoms. The molecule has 0 amide bonds. The average molecular weight is 479 g/mol. The van der Waals surface area contributed by atoms with Crippen LogP contribution in [0.1, 0.15) is 50.8 Å². The largest absolute Gasteiger partial charge is 0.351 e. The maximum absolute atomic E-state index is 5.84. The van der Waals surface area contributed by atoms with Gasteiger partial charge in [-0.25, -0.2) is 0 Å². The molecule has 2 aromatic carbocycles. The molecule has 172 valence electrons. The van der Waals surface area contributed by atoms with Crippen molar-refractivity contribution in [1.82, 2.24) is 20.4 Å². The second kappa shape index (κ2) is 10.1. The third kappa shape index (κ3) is 4.99. The standard InChI is InChI=1S/C26H30N4OS2/c1-6-18-7-9-20(10-8-18)24-28-25(31-29-24)22-17(4)30(15-16(2)3)26(32)27-23(22)19-11-13-21(33-5)14-12-19/h7-14,16,23H,6,15H2,1-5H3,(H,27,32). The fraction of sp³-hybridized carbons (Fsp3) is 0.346. The lowest BCUT2D eigenvalue weighted by Crippen LogP contribution is -2.47. The number of benzene rings is 2. The minimum atomic E-state index is -0.160. The summed E-state index contributed by atoms with van der Waals surface area (Å²) in [6.45, 7) is 9.43. The van der Waals surface area contributed by atoms with Crippen LogP contribution < -0.4 is 5.32 Å². The summed E-state index contributed by atoms with van der Waals surface area (Å²) >= 11 is 7.49. The number of aryl methyl sites for hydroxylation is 1. The van der Waals surface area contributed by atoms with Crippen LogP contribution in [-0.4, -0.2) is 33.0 Å². The van der Waals surface area contributed by atoms with Crippen LogP contribution in [-0.2, 0) is 6.42 Å². The molecule has 1 aliphatic rings. The molecular formula is C26H30N4OS2. The summed E-state index contributed by atoms with van der Waals surface area (Å²) in [5, 5.41) is 8.56. The van der Waals surface area contributed by atoms with Crippen molar-refractivity contribution >= 4 is 34.7 Å². The summed E-state index contributed by atoms with van der Waals surface area (Å²) < 4.78 is 5.84. The van der Waals surface area contributed by atoms with Gasteiger partial charge < -0.3 is 14.7 Å². The molecule has 7 heteroatoms. The van der Waals surface area contributed by atoms with E-state index in [9.17, 15) is 0 Å². The second-order valence-electron chi connectivity index (χ2n) is 8.63. The summed E-state index contributed by atoms with van der Waals surface area (Å²) in [6, 6.07) is 16.7. The Morgan fingerprint density at radius 1 is 1.12 bits per heavy atom. The van der Waals surface area contributed by atoms with Gasteiger partial charge in [0.15, 0.2) is 5.11 Å². The highest BCUT2D eigenvalue weighted by Gasteiger charge is 2.34. The zero-order valence-corrected chi connectivity index (χ0v) is 21.4. The molecule has 0 fully saturated rings. The summed E-state index contributed by atoms with van der Waals surface area (Å²) in [4.78, 5) is 8.17. The smallest absolute Gasteiger partial charge is 0.258 e. The van der Waals surface area contributed by atoms with E-state index in [2.05, 4.69) is 85.7 Å². The molecule has 1 aromatic heterocycles. The third-order valence-corrected chi connectivity index (χ3v) is 6.95. The molecule has 1 atom stereocenters. The van der Waals surface area contributed by atoms with Crippen molar-refractivity contribution in [3.63, 3.8) is 0 Å². The van der Waals surface area contributed by atoms with Crippen molar-refractivity contribution in [3.05, 3.63) is 71.2 Å². The normalized spacial score (nSPS) is 16.5. The lowest BCUT2D eigenvalue weighted by atomic mass is 9.94. The lowest BCUT2D eigenvalue weighted by Gasteiger charge is -2.38. The molecule has 0 aliphatic carbocycles. The highest BCUT2D eigenvalue weighted by atomic mass is 32.2. The number of nitrogens with zero attached hydrogens (tertiary/aromatic N) is 3. The maximum atomic E-state index is 5.84. The molecule has 3 aromatic rings. The van der Waals surface area contributed by atoms with Crippen LogP contribution in [0.2, 0.25) is 0 Å². The van der Waals surface area contributed by atoms with Gasteiger partial charge in [-0.05, 0) is 61.0 Å². The molecule has 0 radical (unpaired) electrons. The van der Waals surface area contributed by atoms with Gasteiger partial charge in [0.2, 0.25) is 5.82 Å². The third-order valence-electron chi connectivity index (χ3n) is 5.87. The van der Waals surface area contributed by atoms with Gasteiger partial charge in [0, 0.05) is 22.7 Å². The fourth-order valence-electron chi connectivity index (χ4n) is 4.03. The quantitative estimate of drug-likeness (QED) is 0.314. The number of aromatic nitrogens is 2. The Morgan fingerprint density at radius 2 is 1.82 bits per heavy atom. The van der Waals surface area contributed by atoms with E-state index in [0.29, 0.717) is 17.6 Å². The molecule has 1 unspecified atom stereocenters. The number of hydrogen-bond acceptors (Lipinski definition) is 5. The first-order valence-electron chi connectivity index (χ1n) is 11.3. The van der Waals surface area contributed by atoms with Gasteiger partial charge in [-0.15, -0.1) is 11.8 Å². The van der Waals surface area contributed by atoms with Crippen molar-refractivity contribution in [2.24, 2.45) is 5.92 Å². The van der Waals surface area contributed by atoms with Crippen molar-refractivity contribution in [2.45, 2.75) is 45.1 Å². The Balaban J connectivity index is 1.77. The number of hydrogen-bond donors (Lipinski definition) is 1. The molecule has 1 aliphatic heterocycles. The fourth-order valence-corrected chi connectivity index (χ4v) is 4.77. The van der Waals surface area contributed by atoms with Crippen LogP contribution in [0.25, 0.3) is 17.0 Å². The Morgan fingerprint density at radius 3 is 2.42 bits per heavy atom. The SMILES string of the molecule is CCc1ccc(-c2noc(C3=C(C)N(CC(C)C)C(=S)NC3c3ccc(SC)cc3)n2)cc1. The van der Waals surface area contributed by atoms with E-state index in [1.165, 1.54) is 10.5 Å². The molecule has 4 rings (SSSR count). The second-order valence-corrected chi connectivity index (χ2v) is 9.90. The zero-order chi connectivity index (χ0) is 23.5. The van der Waals surface area contributed by atoms with E-state index in [1.807, 2.05) is 12.1 Å². The van der Waals surface area contributed by atoms with Crippen molar-refractivity contribution in [2.75, 3.05) is 12.8 Å². The zero-order valence-electron chi connectivity index (χ0n) is 19.8. The first-order chi connectivity index (χ1) is 15.9. The molecule has 1 N–H and O–H groups in total. The summed E-state index contributed by atoms with van der Waals surface area (Å²) in [5.74, 6) is 1.56. The minimum Gasteiger partial charge on any atom is -0.351 e. The predicted octanol–water partition coefficient (Wildman–Crippen LogP) is 6.34. The molecule has 5 nitrogen and oxygen atoms in total. The summed E-state index contributed by atoms with van der Waals surface area (Å²) in [7, 11) is 0. The van der Waals surface area contributed by atoms with Crippen molar-refractivity contribution in [1.29, 1.82) is 0 Å². The molecule has 0 saturated carbocycles. The molecule has 33 heavy (non-hydrogen) atoms. The van der Waals surface area contributed by atoms with Crippen molar-refractivity contribution < 1.29 is 4.52 Å². The van der Waals surface area contributed by atoms with E-state index in [-0.39, 0.29) is 6.04 Å². The Kier molecular flexibility index (Phi) is 7.20. The topological polar surface area (TPSA) is 54.2 Å². The van der Waals surface area contributed by atoms with Gasteiger partial charge in [-0.2, -0.15) is 4.98 Å². The van der Waals surface area contributed by atoms with E-state index >= 15 is 0 Å². The Bertz CT molecular complexity index is 1150. The van der Waals surface area contributed by atoms with E-state index < -0.39 is 0 Å². The summed E-state index contributed by atoms with van der Waals surface area (Å²) in [6.07, 6.45) is 3.08. The van der Waals surface area contributed by atoms with Crippen LogP contribution in [0.3, 0.4) is 0 Å². The van der Waals surface area contributed by atoms with Gasteiger partial charge in [-0.3, -0.25) is 0 Å². The number of thiocarbonyl (C=S) groups is 1. The minimum absolute atomic E-state index is 0.160. The number of nitrogens with one attached hydrogen (secondary N) is 1. The average Bonchev–Trinajstić information content (AvgIpc) is 3.31. The predicted molar refractivity (Wildman–Crippen MR) is 140 cm³/mol. The number of allylic oxidation sites excluding steroid dienone is 1. The molecular weight excluding hydrogens is 448 g/mol. The Hall–Kier alpha value is -2.64. The molecule has 0 saturated heterocycles. The van der Waals surface area contributed by atoms with Crippen LogP contribution in [0.5, 0.6) is 0 Å². The van der Waals surface area contributed by atoms with Gasteiger partial charge in [0.1, 0.15) is 0 Å². The highest BCUT2D eigenvalue weighted by Crippen LogP contribution is 2.38. The first-order valence-corrected chi connectivity index (χ1v) is 12.9. The first kappa shape index (κ1) is 23.5. The van der Waals surface area contributed by atoms with Crippen LogP contribution in [0.15, 0.2) is 63.6 Å². The number of thioether (sulfide) groups is 1. The van der Waals surface area contributed by atoms with E-state index in [0.717, 1.165) is 40.5 Å². The highest BCUT2D eigenvalue weighted by molar-refractivity contribution is 7.98. The van der Waals surface area contributed by atoms with E-state index in [1.54, 1.807) is 11.8 Å². The lowest BCUT2D eigenvalue weighted by molar-refractivity contribution is 0.386. The monoisotopic (exact) mass is 478 g/mol. The number of rotatable bonds is 7. The Labute approximate surface area is 205 Å². The van der Waals surface area contributed by atoms with E-state index in [4.69, 9.17) is 21.7 Å². The summed E-state index contributed by atoms with van der Waals surface area (Å²) in [5.41, 5.74) is 5.34. The maximum Gasteiger partial charge on any atom is 0.258 e. The molecule has 0 bridgehead atoms. The van der Waals surface area contributed by atoms with Crippen molar-refractivity contribution in [3.8, 4) is 11.4 Å². The van der Waals surface area contributed by atoms with Gasteiger partial charge >= 0.3 is 0 Å².